The van der Waals surface area contributed by atoms with Gasteiger partial charge in [0, 0.05) is 35.9 Å². The number of benzene rings is 1. The zero-order valence-corrected chi connectivity index (χ0v) is 13.6. The number of anilines is 1. The Morgan fingerprint density at radius 3 is 2.92 bits per heavy atom. The predicted molar refractivity (Wildman–Crippen MR) is 90.8 cm³/mol. The monoisotopic (exact) mass is 345 g/mol. The molecule has 0 spiro atoms. The van der Waals surface area contributed by atoms with Gasteiger partial charge in [-0.2, -0.15) is 0 Å². The number of aliphatic hydroxyl groups is 1. The molecule has 1 amide bonds. The highest BCUT2D eigenvalue weighted by atomic mass is 32.1. The summed E-state index contributed by atoms with van der Waals surface area (Å²) < 4.78 is 15.5. The normalized spacial score (nSPS) is 10.8. The average Bonchev–Trinajstić information content (AvgIpc) is 3.19. The fourth-order valence-corrected chi connectivity index (χ4v) is 3.12. The fraction of sp³-hybridized carbons (Fsp3) is 0.176. The first-order chi connectivity index (χ1) is 11.7. The van der Waals surface area contributed by atoms with E-state index in [0.717, 1.165) is 4.88 Å². The van der Waals surface area contributed by atoms with Gasteiger partial charge in [-0.05, 0) is 18.2 Å². The van der Waals surface area contributed by atoms with Crippen LogP contribution in [0.2, 0.25) is 0 Å². The molecule has 0 saturated heterocycles. The van der Waals surface area contributed by atoms with E-state index in [1.807, 2.05) is 0 Å². The number of nitrogens with one attached hydrogen (secondary N) is 1. The van der Waals surface area contributed by atoms with E-state index in [1.54, 1.807) is 47.3 Å². The molecule has 2 heterocycles. The van der Waals surface area contributed by atoms with Crippen molar-refractivity contribution in [3.8, 4) is 0 Å². The van der Waals surface area contributed by atoms with Gasteiger partial charge in [-0.15, -0.1) is 11.3 Å². The smallest absolute Gasteiger partial charge is 0.274 e. The second-order valence-corrected chi connectivity index (χ2v) is 6.29. The molecule has 0 aliphatic carbocycles. The van der Waals surface area contributed by atoms with E-state index in [0.29, 0.717) is 22.8 Å². The number of carbonyl (C=O) groups is 1. The van der Waals surface area contributed by atoms with Crippen LogP contribution in [0.25, 0.3) is 0 Å². The number of halogens is 1. The zero-order chi connectivity index (χ0) is 16.9. The SMILES string of the molecule is O=C(Nc1ncc(CCO)s1)c1cccn1Cc1ccccc1F. The van der Waals surface area contributed by atoms with E-state index in [9.17, 15) is 9.18 Å². The zero-order valence-electron chi connectivity index (χ0n) is 12.8. The fourth-order valence-electron chi connectivity index (χ4n) is 2.32. The van der Waals surface area contributed by atoms with Crippen LogP contribution in [0.4, 0.5) is 9.52 Å². The van der Waals surface area contributed by atoms with E-state index >= 15 is 0 Å². The van der Waals surface area contributed by atoms with Crippen LogP contribution < -0.4 is 5.32 Å². The van der Waals surface area contributed by atoms with Crippen molar-refractivity contribution in [3.63, 3.8) is 0 Å². The van der Waals surface area contributed by atoms with E-state index in [-0.39, 0.29) is 24.9 Å². The van der Waals surface area contributed by atoms with Gasteiger partial charge in [0.2, 0.25) is 0 Å². The maximum atomic E-state index is 13.8. The number of aromatic nitrogens is 2. The number of rotatable bonds is 6. The van der Waals surface area contributed by atoms with Gasteiger partial charge in [-0.1, -0.05) is 18.2 Å². The lowest BCUT2D eigenvalue weighted by molar-refractivity contribution is 0.101. The summed E-state index contributed by atoms with van der Waals surface area (Å²) in [5, 5.41) is 12.1. The number of aliphatic hydroxyl groups excluding tert-OH is 1. The Hall–Kier alpha value is -2.51. The van der Waals surface area contributed by atoms with Crippen molar-refractivity contribution in [2.24, 2.45) is 0 Å². The van der Waals surface area contributed by atoms with Crippen molar-refractivity contribution in [1.29, 1.82) is 0 Å². The molecule has 0 radical (unpaired) electrons. The Bertz CT molecular complexity index is 844. The minimum atomic E-state index is -0.304. The number of hydrogen-bond donors (Lipinski definition) is 2. The third-order valence-corrected chi connectivity index (χ3v) is 4.47. The Labute approximate surface area is 142 Å². The molecular weight excluding hydrogens is 329 g/mol. The number of amides is 1. The molecule has 0 aliphatic rings. The summed E-state index contributed by atoms with van der Waals surface area (Å²) >= 11 is 1.32. The number of nitrogens with zero attached hydrogens (tertiary/aromatic N) is 2. The largest absolute Gasteiger partial charge is 0.396 e. The molecule has 5 nitrogen and oxygen atoms in total. The number of hydrogen-bond acceptors (Lipinski definition) is 4. The van der Waals surface area contributed by atoms with Crippen molar-refractivity contribution in [3.05, 3.63) is 70.7 Å². The van der Waals surface area contributed by atoms with E-state index in [4.69, 9.17) is 5.11 Å². The maximum Gasteiger partial charge on any atom is 0.274 e. The van der Waals surface area contributed by atoms with Gasteiger partial charge >= 0.3 is 0 Å². The molecule has 0 saturated carbocycles. The van der Waals surface area contributed by atoms with Crippen LogP contribution in [0.3, 0.4) is 0 Å². The van der Waals surface area contributed by atoms with Gasteiger partial charge < -0.3 is 9.67 Å². The van der Waals surface area contributed by atoms with Crippen molar-refractivity contribution < 1.29 is 14.3 Å². The van der Waals surface area contributed by atoms with E-state index < -0.39 is 0 Å². The summed E-state index contributed by atoms with van der Waals surface area (Å²) in [6.45, 7) is 0.317. The molecule has 124 valence electrons. The number of thiazole rings is 1. The highest BCUT2D eigenvalue weighted by Crippen LogP contribution is 2.19. The topological polar surface area (TPSA) is 67.2 Å². The van der Waals surface area contributed by atoms with E-state index in [1.165, 1.54) is 17.4 Å². The Kier molecular flexibility index (Phi) is 5.02. The quantitative estimate of drug-likeness (QED) is 0.722. The van der Waals surface area contributed by atoms with Crippen LogP contribution >= 0.6 is 11.3 Å². The van der Waals surface area contributed by atoms with Gasteiger partial charge in [0.1, 0.15) is 11.5 Å². The van der Waals surface area contributed by atoms with Crippen molar-refractivity contribution >= 4 is 22.4 Å². The lowest BCUT2D eigenvalue weighted by Gasteiger charge is -2.09. The molecule has 0 bridgehead atoms. The summed E-state index contributed by atoms with van der Waals surface area (Å²) in [5.74, 6) is -0.604. The third-order valence-electron chi connectivity index (χ3n) is 3.49. The predicted octanol–water partition coefficient (Wildman–Crippen LogP) is 2.92. The van der Waals surface area contributed by atoms with Crippen LogP contribution in [-0.4, -0.2) is 27.2 Å². The van der Waals surface area contributed by atoms with Gasteiger partial charge in [0.05, 0.1) is 6.54 Å². The van der Waals surface area contributed by atoms with Crippen molar-refractivity contribution in [2.45, 2.75) is 13.0 Å². The Morgan fingerprint density at radius 1 is 1.29 bits per heavy atom. The number of carbonyl (C=O) groups excluding carboxylic acids is 1. The molecule has 0 unspecified atom stereocenters. The van der Waals surface area contributed by atoms with Gasteiger partial charge in [-0.3, -0.25) is 10.1 Å². The second-order valence-electron chi connectivity index (χ2n) is 5.17. The molecule has 0 atom stereocenters. The molecule has 7 heteroatoms. The molecule has 0 fully saturated rings. The van der Waals surface area contributed by atoms with Crippen LogP contribution in [-0.2, 0) is 13.0 Å². The Morgan fingerprint density at radius 2 is 2.12 bits per heavy atom. The molecule has 3 rings (SSSR count). The minimum absolute atomic E-state index is 0.0427. The standard InChI is InChI=1S/C17H16FN3O2S/c18-14-5-2-1-4-12(14)11-21-8-3-6-15(21)16(23)20-17-19-10-13(24-17)7-9-22/h1-6,8,10,22H,7,9,11H2,(H,19,20,23). The van der Waals surface area contributed by atoms with E-state index in [2.05, 4.69) is 10.3 Å². The molecule has 2 aromatic heterocycles. The molecular formula is C17H16FN3O2S. The first-order valence-electron chi connectivity index (χ1n) is 7.43. The molecule has 24 heavy (non-hydrogen) atoms. The molecule has 3 aromatic rings. The van der Waals surface area contributed by atoms with Crippen molar-refractivity contribution in [2.75, 3.05) is 11.9 Å². The van der Waals surface area contributed by atoms with Crippen LogP contribution in [0.15, 0.2) is 48.8 Å². The second kappa shape index (κ2) is 7.37. The summed E-state index contributed by atoms with van der Waals surface area (Å²) in [7, 11) is 0. The van der Waals surface area contributed by atoms with Crippen LogP contribution in [0.1, 0.15) is 20.9 Å². The average molecular weight is 345 g/mol. The maximum absolute atomic E-state index is 13.8. The van der Waals surface area contributed by atoms with Crippen LogP contribution in [0.5, 0.6) is 0 Å². The van der Waals surface area contributed by atoms with Crippen molar-refractivity contribution in [1.82, 2.24) is 9.55 Å². The molecule has 1 aromatic carbocycles. The molecule has 2 N–H and O–H groups in total. The summed E-state index contributed by atoms with van der Waals surface area (Å²) in [6.07, 6.45) is 3.88. The first kappa shape index (κ1) is 16.4. The highest BCUT2D eigenvalue weighted by molar-refractivity contribution is 7.15. The van der Waals surface area contributed by atoms with Crippen LogP contribution in [0, 0.1) is 5.82 Å². The first-order valence-corrected chi connectivity index (χ1v) is 8.24. The molecule has 0 aliphatic heterocycles. The third kappa shape index (κ3) is 3.69. The summed E-state index contributed by atoms with van der Waals surface area (Å²) in [6, 6.07) is 9.91. The van der Waals surface area contributed by atoms with Gasteiger partial charge in [0.25, 0.3) is 5.91 Å². The lowest BCUT2D eigenvalue weighted by atomic mass is 10.2. The van der Waals surface area contributed by atoms with Gasteiger partial charge in [-0.25, -0.2) is 9.37 Å². The highest BCUT2D eigenvalue weighted by Gasteiger charge is 2.14. The van der Waals surface area contributed by atoms with Gasteiger partial charge in [0.15, 0.2) is 5.13 Å². The summed E-state index contributed by atoms with van der Waals surface area (Å²) in [4.78, 5) is 17.4. The summed E-state index contributed by atoms with van der Waals surface area (Å²) in [5.41, 5.74) is 0.944. The minimum Gasteiger partial charge on any atom is -0.396 e. The lowest BCUT2D eigenvalue weighted by Crippen LogP contribution is -2.17. The Balaban J connectivity index is 1.74.